The van der Waals surface area contributed by atoms with Gasteiger partial charge in [0.15, 0.2) is 0 Å². The topological polar surface area (TPSA) is 65.5 Å². The molecule has 0 aliphatic carbocycles. The van der Waals surface area contributed by atoms with Gasteiger partial charge >= 0.3 is 0 Å². The van der Waals surface area contributed by atoms with E-state index in [1.807, 2.05) is 30.3 Å². The summed E-state index contributed by atoms with van der Waals surface area (Å²) >= 11 is 0. The number of hydrogen-bond donors (Lipinski definition) is 1. The van der Waals surface area contributed by atoms with Gasteiger partial charge in [-0.05, 0) is 24.3 Å². The van der Waals surface area contributed by atoms with Gasteiger partial charge in [-0.1, -0.05) is 20.8 Å². The summed E-state index contributed by atoms with van der Waals surface area (Å²) in [6.45, 7) is 11.6. The molecule has 0 bridgehead atoms. The second-order valence-electron chi connectivity index (χ2n) is 7.41. The van der Waals surface area contributed by atoms with E-state index in [4.69, 9.17) is 15.2 Å². The van der Waals surface area contributed by atoms with Gasteiger partial charge in [0.05, 0.1) is 24.6 Å². The predicted molar refractivity (Wildman–Crippen MR) is 99.4 cm³/mol. The van der Waals surface area contributed by atoms with Crippen LogP contribution in [0.1, 0.15) is 26.5 Å². The zero-order valence-electron chi connectivity index (χ0n) is 15.4. The Morgan fingerprint density at radius 1 is 1.16 bits per heavy atom. The van der Waals surface area contributed by atoms with E-state index in [1.165, 1.54) is 0 Å². The smallest absolute Gasteiger partial charge is 0.127 e. The first kappa shape index (κ1) is 17.8. The largest absolute Gasteiger partial charge is 0.492 e. The molecule has 0 spiro atoms. The molecule has 2 heterocycles. The summed E-state index contributed by atoms with van der Waals surface area (Å²) in [5.74, 6) is 1.50. The molecular formula is C19H28N4O2. The van der Waals surface area contributed by atoms with E-state index in [-0.39, 0.29) is 5.41 Å². The van der Waals surface area contributed by atoms with Crippen LogP contribution in [0.3, 0.4) is 0 Å². The van der Waals surface area contributed by atoms with Crippen molar-refractivity contribution in [3.8, 4) is 11.4 Å². The summed E-state index contributed by atoms with van der Waals surface area (Å²) in [5.41, 5.74) is 8.02. The maximum absolute atomic E-state index is 6.12. The highest BCUT2D eigenvalue weighted by Crippen LogP contribution is 2.25. The molecule has 0 radical (unpaired) electrons. The van der Waals surface area contributed by atoms with Gasteiger partial charge in [0.1, 0.15) is 18.2 Å². The number of nitrogen functional groups attached to an aromatic ring is 1. The minimum atomic E-state index is -0.0259. The van der Waals surface area contributed by atoms with Gasteiger partial charge in [-0.3, -0.25) is 4.90 Å². The third-order valence-electron chi connectivity index (χ3n) is 4.37. The third-order valence-corrected chi connectivity index (χ3v) is 4.37. The van der Waals surface area contributed by atoms with Gasteiger partial charge in [-0.15, -0.1) is 0 Å². The highest BCUT2D eigenvalue weighted by molar-refractivity contribution is 5.45. The maximum atomic E-state index is 6.12. The molecule has 2 aromatic rings. The van der Waals surface area contributed by atoms with Crippen molar-refractivity contribution in [3.05, 3.63) is 36.0 Å². The molecule has 1 aliphatic heterocycles. The van der Waals surface area contributed by atoms with Crippen LogP contribution in [0.2, 0.25) is 0 Å². The molecule has 0 saturated carbocycles. The van der Waals surface area contributed by atoms with Crippen LogP contribution in [0.25, 0.3) is 5.69 Å². The first-order valence-corrected chi connectivity index (χ1v) is 8.83. The molecule has 25 heavy (non-hydrogen) atoms. The lowest BCUT2D eigenvalue weighted by atomic mass is 9.92. The third kappa shape index (κ3) is 4.52. The van der Waals surface area contributed by atoms with Gasteiger partial charge in [-0.2, -0.15) is 5.10 Å². The van der Waals surface area contributed by atoms with Crippen molar-refractivity contribution in [1.29, 1.82) is 0 Å². The number of ether oxygens (including phenoxy) is 2. The van der Waals surface area contributed by atoms with Crippen LogP contribution >= 0.6 is 0 Å². The molecule has 0 amide bonds. The summed E-state index contributed by atoms with van der Waals surface area (Å²) in [5, 5.41) is 4.64. The average Bonchev–Trinajstić information content (AvgIpc) is 2.99. The minimum Gasteiger partial charge on any atom is -0.492 e. The van der Waals surface area contributed by atoms with Gasteiger partial charge in [-0.25, -0.2) is 4.68 Å². The first-order chi connectivity index (χ1) is 11.9. The van der Waals surface area contributed by atoms with Crippen molar-refractivity contribution in [3.63, 3.8) is 0 Å². The van der Waals surface area contributed by atoms with Crippen molar-refractivity contribution in [1.82, 2.24) is 14.7 Å². The van der Waals surface area contributed by atoms with E-state index in [1.54, 1.807) is 4.68 Å². The van der Waals surface area contributed by atoms with Crippen LogP contribution in [0.4, 0.5) is 5.82 Å². The standard InChI is InChI=1S/C19H28N4O2/c1-19(2,3)17-14-18(20)23(21-17)15-4-6-16(7-5-15)25-13-10-22-8-11-24-12-9-22/h4-7,14H,8-13,20H2,1-3H3. The number of aromatic nitrogens is 2. The second-order valence-corrected chi connectivity index (χ2v) is 7.41. The van der Waals surface area contributed by atoms with Crippen LogP contribution in [0.15, 0.2) is 30.3 Å². The van der Waals surface area contributed by atoms with E-state index >= 15 is 0 Å². The Balaban J connectivity index is 1.59. The van der Waals surface area contributed by atoms with Crippen molar-refractivity contribution in [2.45, 2.75) is 26.2 Å². The molecule has 0 unspecified atom stereocenters. The van der Waals surface area contributed by atoms with Crippen molar-refractivity contribution in [2.75, 3.05) is 45.2 Å². The fraction of sp³-hybridized carbons (Fsp3) is 0.526. The second kappa shape index (κ2) is 7.45. The van der Waals surface area contributed by atoms with Crippen LogP contribution in [0, 0.1) is 0 Å². The number of anilines is 1. The number of hydrogen-bond acceptors (Lipinski definition) is 5. The first-order valence-electron chi connectivity index (χ1n) is 8.83. The van der Waals surface area contributed by atoms with Crippen molar-refractivity contribution >= 4 is 5.82 Å². The van der Waals surface area contributed by atoms with Gasteiger partial charge < -0.3 is 15.2 Å². The van der Waals surface area contributed by atoms with Gasteiger partial charge in [0.25, 0.3) is 0 Å². The summed E-state index contributed by atoms with van der Waals surface area (Å²) in [6, 6.07) is 9.84. The van der Waals surface area contributed by atoms with E-state index in [0.717, 1.165) is 50.0 Å². The monoisotopic (exact) mass is 344 g/mol. The molecule has 2 N–H and O–H groups in total. The molecule has 6 heteroatoms. The Morgan fingerprint density at radius 3 is 2.44 bits per heavy atom. The van der Waals surface area contributed by atoms with E-state index in [9.17, 15) is 0 Å². The van der Waals surface area contributed by atoms with Crippen LogP contribution in [-0.4, -0.2) is 54.1 Å². The Bertz CT molecular complexity index is 682. The zero-order valence-corrected chi connectivity index (χ0v) is 15.4. The Morgan fingerprint density at radius 2 is 1.84 bits per heavy atom. The molecule has 6 nitrogen and oxygen atoms in total. The number of rotatable bonds is 5. The van der Waals surface area contributed by atoms with E-state index in [0.29, 0.717) is 12.4 Å². The molecule has 0 atom stereocenters. The van der Waals surface area contributed by atoms with Crippen LogP contribution in [-0.2, 0) is 10.2 Å². The number of morpholine rings is 1. The molecule has 3 rings (SSSR count). The minimum absolute atomic E-state index is 0.0259. The summed E-state index contributed by atoms with van der Waals surface area (Å²) < 4.78 is 13.0. The lowest BCUT2D eigenvalue weighted by Crippen LogP contribution is -2.38. The fourth-order valence-corrected chi connectivity index (χ4v) is 2.77. The van der Waals surface area contributed by atoms with Crippen molar-refractivity contribution in [2.24, 2.45) is 0 Å². The lowest BCUT2D eigenvalue weighted by Gasteiger charge is -2.26. The molecule has 1 aliphatic rings. The maximum Gasteiger partial charge on any atom is 0.127 e. The zero-order chi connectivity index (χ0) is 17.9. The average molecular weight is 344 g/mol. The van der Waals surface area contributed by atoms with E-state index in [2.05, 4.69) is 30.8 Å². The fourth-order valence-electron chi connectivity index (χ4n) is 2.77. The molecule has 1 aromatic carbocycles. The lowest BCUT2D eigenvalue weighted by molar-refractivity contribution is 0.0322. The quantitative estimate of drug-likeness (QED) is 0.902. The SMILES string of the molecule is CC(C)(C)c1cc(N)n(-c2ccc(OCCN3CCOCC3)cc2)n1. The van der Waals surface area contributed by atoms with Crippen molar-refractivity contribution < 1.29 is 9.47 Å². The normalized spacial score (nSPS) is 16.1. The number of nitrogens with zero attached hydrogens (tertiary/aromatic N) is 3. The predicted octanol–water partition coefficient (Wildman–Crippen LogP) is 2.46. The number of nitrogens with two attached hydrogens (primary N) is 1. The summed E-state index contributed by atoms with van der Waals surface area (Å²) in [7, 11) is 0. The highest BCUT2D eigenvalue weighted by Gasteiger charge is 2.19. The Labute approximate surface area is 149 Å². The van der Waals surface area contributed by atoms with E-state index < -0.39 is 0 Å². The van der Waals surface area contributed by atoms with Crippen LogP contribution in [0.5, 0.6) is 5.75 Å². The highest BCUT2D eigenvalue weighted by atomic mass is 16.5. The summed E-state index contributed by atoms with van der Waals surface area (Å²) in [6.07, 6.45) is 0. The Hall–Kier alpha value is -2.05. The summed E-state index contributed by atoms with van der Waals surface area (Å²) in [4.78, 5) is 2.36. The molecule has 136 valence electrons. The van der Waals surface area contributed by atoms with Crippen LogP contribution < -0.4 is 10.5 Å². The molecular weight excluding hydrogens is 316 g/mol. The number of benzene rings is 1. The Kier molecular flexibility index (Phi) is 5.30. The molecule has 1 saturated heterocycles. The molecule has 1 fully saturated rings. The molecule has 1 aromatic heterocycles. The van der Waals surface area contributed by atoms with Gasteiger partial charge in [0.2, 0.25) is 0 Å². The van der Waals surface area contributed by atoms with Gasteiger partial charge in [0, 0.05) is 31.1 Å².